The summed E-state index contributed by atoms with van der Waals surface area (Å²) in [4.78, 5) is 0. The zero-order chi connectivity index (χ0) is 13.7. The lowest BCUT2D eigenvalue weighted by Gasteiger charge is -2.07. The summed E-state index contributed by atoms with van der Waals surface area (Å²) in [6.45, 7) is 2.36. The molecule has 1 nitrogen and oxygen atoms in total. The largest absolute Gasteiger partial charge is 0.473 e. The first-order chi connectivity index (χ1) is 7.49. The molecule has 0 saturated carbocycles. The van der Waals surface area contributed by atoms with Gasteiger partial charge in [0.25, 0.3) is 0 Å². The van der Waals surface area contributed by atoms with Crippen molar-refractivity contribution in [1.82, 2.24) is 0 Å². The van der Waals surface area contributed by atoms with E-state index < -0.39 is 25.2 Å². The van der Waals surface area contributed by atoms with Gasteiger partial charge in [0.1, 0.15) is 0 Å². The van der Waals surface area contributed by atoms with Gasteiger partial charge in [-0.15, -0.1) is 0 Å². The number of hydrogen-bond acceptors (Lipinski definition) is 1. The molecule has 0 fully saturated rings. The molecule has 0 aromatic heterocycles. The first-order valence-corrected chi connectivity index (χ1v) is 4.60. The summed E-state index contributed by atoms with van der Waals surface area (Å²) in [6, 6.07) is 0. The quantitative estimate of drug-likeness (QED) is 0.526. The number of ether oxygens (including phenoxy) is 1. The van der Waals surface area contributed by atoms with E-state index in [1.165, 1.54) is 13.8 Å². The summed E-state index contributed by atoms with van der Waals surface area (Å²) in [6.07, 6.45) is -9.44. The minimum Gasteiger partial charge on any atom is -0.473 e. The Labute approximate surface area is 94.8 Å². The molecule has 17 heavy (non-hydrogen) atoms. The maximum Gasteiger partial charge on any atom is 0.392 e. The van der Waals surface area contributed by atoms with Crippen molar-refractivity contribution in [3.8, 4) is 0 Å². The highest BCUT2D eigenvalue weighted by Gasteiger charge is 2.28. The summed E-state index contributed by atoms with van der Waals surface area (Å²) in [5.41, 5.74) is -0.234. The van der Waals surface area contributed by atoms with E-state index in [0.717, 1.165) is 12.5 Å². The average Bonchev–Trinajstić information content (AvgIpc) is 1.95. The van der Waals surface area contributed by atoms with E-state index in [1.54, 1.807) is 0 Å². The molecule has 0 saturated heterocycles. The summed E-state index contributed by atoms with van der Waals surface area (Å²) in [5.74, 6) is 0. The van der Waals surface area contributed by atoms with E-state index in [-0.39, 0.29) is 11.1 Å². The second kappa shape index (κ2) is 5.97. The molecule has 0 heterocycles. The minimum atomic E-state index is -4.35. The smallest absolute Gasteiger partial charge is 0.392 e. The zero-order valence-corrected chi connectivity index (χ0v) is 9.24. The van der Waals surface area contributed by atoms with Crippen LogP contribution < -0.4 is 0 Å². The van der Waals surface area contributed by atoms with Gasteiger partial charge in [-0.1, -0.05) is 0 Å². The molecule has 0 amide bonds. The molecule has 0 N–H and O–H groups in total. The second-order valence-electron chi connectivity index (χ2n) is 3.65. The maximum atomic E-state index is 11.9. The third kappa shape index (κ3) is 11.1. The number of allylic oxidation sites excluding steroid dienone is 2. The standard InChI is InChI=1S/C10H12F6O/c1-7(3-9(11,12)13)5-17-6-8(2)4-10(14,15)16/h5-6H,3-4H2,1-2H3. The lowest BCUT2D eigenvalue weighted by molar-refractivity contribution is -0.127. The molecule has 100 valence electrons. The molecular formula is C10H12F6O. The fraction of sp³-hybridized carbons (Fsp3) is 0.600. The summed E-state index contributed by atoms with van der Waals surface area (Å²) >= 11 is 0. The van der Waals surface area contributed by atoms with Crippen molar-refractivity contribution >= 4 is 0 Å². The van der Waals surface area contributed by atoms with Crippen molar-refractivity contribution in [2.45, 2.75) is 39.0 Å². The SMILES string of the molecule is CC(=COC=C(C)CC(F)(F)F)CC(F)(F)F. The molecule has 0 aliphatic rings. The van der Waals surface area contributed by atoms with E-state index in [4.69, 9.17) is 0 Å². The van der Waals surface area contributed by atoms with E-state index in [0.29, 0.717) is 0 Å². The third-order valence-electron chi connectivity index (χ3n) is 1.50. The van der Waals surface area contributed by atoms with E-state index in [1.807, 2.05) is 0 Å². The lowest BCUT2D eigenvalue weighted by Crippen LogP contribution is -2.07. The van der Waals surface area contributed by atoms with Gasteiger partial charge in [-0.25, -0.2) is 0 Å². The Bertz CT molecular complexity index is 267. The summed E-state index contributed by atoms with van der Waals surface area (Å²) in [7, 11) is 0. The maximum absolute atomic E-state index is 11.9. The highest BCUT2D eigenvalue weighted by atomic mass is 19.4. The molecule has 0 bridgehead atoms. The van der Waals surface area contributed by atoms with Gasteiger partial charge in [0.05, 0.1) is 25.4 Å². The van der Waals surface area contributed by atoms with Gasteiger partial charge < -0.3 is 4.74 Å². The number of rotatable bonds is 4. The first-order valence-electron chi connectivity index (χ1n) is 4.60. The van der Waals surface area contributed by atoms with Gasteiger partial charge >= 0.3 is 12.4 Å². The third-order valence-corrected chi connectivity index (χ3v) is 1.50. The normalized spacial score (nSPS) is 15.1. The first kappa shape index (κ1) is 15.9. The van der Waals surface area contributed by atoms with Crippen LogP contribution in [0.4, 0.5) is 26.3 Å². The molecule has 0 spiro atoms. The zero-order valence-electron chi connectivity index (χ0n) is 9.24. The molecule has 0 atom stereocenters. The Kier molecular flexibility index (Phi) is 5.57. The number of alkyl halides is 6. The van der Waals surface area contributed by atoms with Crippen molar-refractivity contribution in [2.75, 3.05) is 0 Å². The van der Waals surface area contributed by atoms with E-state index in [9.17, 15) is 26.3 Å². The van der Waals surface area contributed by atoms with Crippen LogP contribution in [0.15, 0.2) is 23.7 Å². The second-order valence-corrected chi connectivity index (χ2v) is 3.65. The topological polar surface area (TPSA) is 9.23 Å². The molecule has 7 heteroatoms. The van der Waals surface area contributed by atoms with Crippen molar-refractivity contribution in [3.05, 3.63) is 23.7 Å². The van der Waals surface area contributed by atoms with Crippen LogP contribution in [0, 0.1) is 0 Å². The van der Waals surface area contributed by atoms with Crippen LogP contribution in [-0.4, -0.2) is 12.4 Å². The Morgan fingerprint density at radius 3 is 1.35 bits per heavy atom. The Balaban J connectivity index is 4.20. The summed E-state index contributed by atoms with van der Waals surface area (Å²) in [5, 5.41) is 0. The number of hydrogen-bond donors (Lipinski definition) is 0. The molecule has 0 radical (unpaired) electrons. The Hall–Kier alpha value is -1.14. The molecule has 0 aromatic carbocycles. The van der Waals surface area contributed by atoms with Crippen molar-refractivity contribution in [2.24, 2.45) is 0 Å². The van der Waals surface area contributed by atoms with Gasteiger partial charge in [-0.05, 0) is 25.0 Å². The van der Waals surface area contributed by atoms with E-state index in [2.05, 4.69) is 4.74 Å². The predicted octanol–water partition coefficient (Wildman–Crippen LogP) is 4.72. The Morgan fingerprint density at radius 2 is 1.12 bits per heavy atom. The lowest BCUT2D eigenvalue weighted by atomic mass is 10.2. The number of halogens is 6. The Morgan fingerprint density at radius 1 is 0.824 bits per heavy atom. The fourth-order valence-electron chi connectivity index (χ4n) is 0.982. The molecule has 0 aromatic rings. The molecule has 0 unspecified atom stereocenters. The van der Waals surface area contributed by atoms with E-state index >= 15 is 0 Å². The molecule has 0 aliphatic heterocycles. The van der Waals surface area contributed by atoms with Crippen molar-refractivity contribution in [3.63, 3.8) is 0 Å². The van der Waals surface area contributed by atoms with Gasteiger partial charge in [0.2, 0.25) is 0 Å². The predicted molar refractivity (Wildman–Crippen MR) is 49.9 cm³/mol. The van der Waals surface area contributed by atoms with Crippen LogP contribution in [0.5, 0.6) is 0 Å². The van der Waals surface area contributed by atoms with Crippen LogP contribution in [-0.2, 0) is 4.74 Å². The van der Waals surface area contributed by atoms with Crippen LogP contribution in [0.25, 0.3) is 0 Å². The van der Waals surface area contributed by atoms with Crippen LogP contribution >= 0.6 is 0 Å². The van der Waals surface area contributed by atoms with Gasteiger partial charge in [0.15, 0.2) is 0 Å². The fourth-order valence-corrected chi connectivity index (χ4v) is 0.982. The monoisotopic (exact) mass is 262 g/mol. The highest BCUT2D eigenvalue weighted by molar-refractivity contribution is 5.00. The molecule has 0 rings (SSSR count). The van der Waals surface area contributed by atoms with Crippen LogP contribution in [0.3, 0.4) is 0 Å². The van der Waals surface area contributed by atoms with Crippen molar-refractivity contribution < 1.29 is 31.1 Å². The van der Waals surface area contributed by atoms with Gasteiger partial charge in [-0.3, -0.25) is 0 Å². The summed E-state index contributed by atoms with van der Waals surface area (Å²) < 4.78 is 75.6. The molecule has 0 aliphatic carbocycles. The highest BCUT2D eigenvalue weighted by Crippen LogP contribution is 2.25. The molecular weight excluding hydrogens is 250 g/mol. The van der Waals surface area contributed by atoms with Gasteiger partial charge in [0, 0.05) is 0 Å². The van der Waals surface area contributed by atoms with Crippen molar-refractivity contribution in [1.29, 1.82) is 0 Å². The van der Waals surface area contributed by atoms with Gasteiger partial charge in [-0.2, -0.15) is 26.3 Å². The van der Waals surface area contributed by atoms with Crippen LogP contribution in [0.2, 0.25) is 0 Å². The average molecular weight is 262 g/mol. The van der Waals surface area contributed by atoms with Crippen LogP contribution in [0.1, 0.15) is 26.7 Å². The minimum absolute atomic E-state index is 0.117.